The average molecular weight is 511 g/mol. The van der Waals surface area contributed by atoms with Crippen molar-refractivity contribution in [2.24, 2.45) is 0 Å². The fourth-order valence-corrected chi connectivity index (χ4v) is 6.36. The molecule has 1 saturated carbocycles. The number of H-pyrrole nitrogens is 1. The first-order valence-corrected chi connectivity index (χ1v) is 13.5. The zero-order valence-electron chi connectivity index (χ0n) is 19.7. The maximum atomic E-state index is 13.6. The topological polar surface area (TPSA) is 102 Å². The van der Waals surface area contributed by atoms with Crippen LogP contribution in [-0.2, 0) is 23.1 Å². The number of benzene rings is 2. The van der Waals surface area contributed by atoms with E-state index in [-0.39, 0.29) is 23.9 Å². The van der Waals surface area contributed by atoms with Crippen molar-refractivity contribution in [1.82, 2.24) is 19.4 Å². The highest BCUT2D eigenvalue weighted by molar-refractivity contribution is 7.89. The molecule has 0 spiro atoms. The van der Waals surface area contributed by atoms with E-state index in [1.807, 2.05) is 12.1 Å². The third kappa shape index (κ3) is 4.38. The summed E-state index contributed by atoms with van der Waals surface area (Å²) in [5, 5.41) is 9.79. The fraction of sp³-hybridized carbons (Fsp3) is 0.360. The Hall–Kier alpha value is -3.28. The van der Waals surface area contributed by atoms with Gasteiger partial charge in [0.2, 0.25) is 10.0 Å². The first kappa shape index (κ1) is 23.1. The summed E-state index contributed by atoms with van der Waals surface area (Å²) < 4.78 is 40.7. The molecule has 3 aliphatic rings. The molecule has 3 heterocycles. The molecular formula is C25H27FN6O3S. The Morgan fingerprint density at radius 2 is 1.78 bits per heavy atom. The molecule has 11 heteroatoms. The Morgan fingerprint density at radius 1 is 1.03 bits per heavy atom. The highest BCUT2D eigenvalue weighted by Crippen LogP contribution is 2.32. The quantitative estimate of drug-likeness (QED) is 0.529. The van der Waals surface area contributed by atoms with Crippen molar-refractivity contribution < 1.29 is 17.6 Å². The molecular weight excluding hydrogens is 483 g/mol. The summed E-state index contributed by atoms with van der Waals surface area (Å²) in [6.07, 6.45) is 2.65. The van der Waals surface area contributed by atoms with Crippen LogP contribution in [0.4, 0.5) is 15.9 Å². The van der Waals surface area contributed by atoms with Gasteiger partial charge < -0.3 is 10.2 Å². The number of sulfonamides is 1. The molecule has 1 amide bonds. The lowest BCUT2D eigenvalue weighted by Gasteiger charge is -2.36. The molecule has 2 aromatic carbocycles. The number of amides is 1. The fourth-order valence-electron chi connectivity index (χ4n) is 4.95. The zero-order valence-corrected chi connectivity index (χ0v) is 20.5. The van der Waals surface area contributed by atoms with Gasteiger partial charge in [0.15, 0.2) is 5.82 Å². The van der Waals surface area contributed by atoms with E-state index in [0.29, 0.717) is 22.6 Å². The van der Waals surface area contributed by atoms with E-state index >= 15 is 0 Å². The van der Waals surface area contributed by atoms with E-state index in [0.717, 1.165) is 44.0 Å². The van der Waals surface area contributed by atoms with Crippen LogP contribution in [0.15, 0.2) is 53.4 Å². The number of halogens is 1. The van der Waals surface area contributed by atoms with Gasteiger partial charge in [-0.15, -0.1) is 0 Å². The van der Waals surface area contributed by atoms with Crippen LogP contribution < -0.4 is 10.2 Å². The number of nitrogens with zero attached hydrogens (tertiary/aromatic N) is 4. The molecule has 3 aromatic rings. The Kier molecular flexibility index (Phi) is 5.78. The summed E-state index contributed by atoms with van der Waals surface area (Å²) in [7, 11) is -3.89. The Balaban J connectivity index is 1.10. The van der Waals surface area contributed by atoms with Crippen LogP contribution in [0.5, 0.6) is 0 Å². The van der Waals surface area contributed by atoms with E-state index in [1.54, 1.807) is 12.1 Å². The van der Waals surface area contributed by atoms with Gasteiger partial charge in [-0.3, -0.25) is 14.8 Å². The molecule has 36 heavy (non-hydrogen) atoms. The SMILES string of the molecule is O=C(Nc1n[nH]c2c1CN(S(=O)(=O)c1cccc(F)c1)C2)c1ccc(N2CCN(C3CC3)CC2)cc1. The summed E-state index contributed by atoms with van der Waals surface area (Å²) in [5.41, 5.74) is 2.80. The molecule has 0 atom stereocenters. The minimum atomic E-state index is -3.89. The zero-order chi connectivity index (χ0) is 24.9. The largest absolute Gasteiger partial charge is 0.369 e. The van der Waals surface area contributed by atoms with Crippen LogP contribution in [0.1, 0.15) is 34.5 Å². The van der Waals surface area contributed by atoms with Crippen LogP contribution in [0.3, 0.4) is 0 Å². The number of carbonyl (C=O) groups excluding carboxylic acids is 1. The molecule has 2 aliphatic heterocycles. The normalized spacial score (nSPS) is 18.9. The lowest BCUT2D eigenvalue weighted by molar-refractivity contribution is 0.102. The van der Waals surface area contributed by atoms with Crippen LogP contribution in [0.2, 0.25) is 0 Å². The second kappa shape index (κ2) is 8.99. The van der Waals surface area contributed by atoms with Gasteiger partial charge in [0.25, 0.3) is 5.91 Å². The lowest BCUT2D eigenvalue weighted by atomic mass is 10.1. The maximum Gasteiger partial charge on any atom is 0.256 e. The number of fused-ring (bicyclic) bond motifs is 1. The van der Waals surface area contributed by atoms with Gasteiger partial charge in [0.05, 0.1) is 17.1 Å². The van der Waals surface area contributed by atoms with Crippen molar-refractivity contribution in [3.05, 3.63) is 71.2 Å². The number of piperazine rings is 1. The third-order valence-electron chi connectivity index (χ3n) is 7.16. The van der Waals surface area contributed by atoms with Gasteiger partial charge in [-0.1, -0.05) is 6.07 Å². The van der Waals surface area contributed by atoms with E-state index in [2.05, 4.69) is 25.3 Å². The van der Waals surface area contributed by atoms with E-state index in [1.165, 1.54) is 35.3 Å². The van der Waals surface area contributed by atoms with Gasteiger partial charge in [-0.2, -0.15) is 9.40 Å². The number of anilines is 2. The molecule has 1 aromatic heterocycles. The summed E-state index contributed by atoms with van der Waals surface area (Å²) >= 11 is 0. The Labute approximate surface area is 208 Å². The minimum Gasteiger partial charge on any atom is -0.369 e. The molecule has 2 N–H and O–H groups in total. The molecule has 2 fully saturated rings. The van der Waals surface area contributed by atoms with E-state index < -0.39 is 15.8 Å². The van der Waals surface area contributed by atoms with Gasteiger partial charge in [-0.05, 0) is 55.3 Å². The number of rotatable bonds is 6. The van der Waals surface area contributed by atoms with Crippen molar-refractivity contribution in [3.63, 3.8) is 0 Å². The van der Waals surface area contributed by atoms with Gasteiger partial charge in [-0.25, -0.2) is 12.8 Å². The number of aromatic amines is 1. The smallest absolute Gasteiger partial charge is 0.256 e. The Bertz CT molecular complexity index is 1400. The summed E-state index contributed by atoms with van der Waals surface area (Å²) in [5.74, 6) is -0.636. The first-order chi connectivity index (χ1) is 17.4. The Morgan fingerprint density at radius 3 is 2.47 bits per heavy atom. The van der Waals surface area contributed by atoms with Crippen molar-refractivity contribution in [2.75, 3.05) is 36.4 Å². The van der Waals surface area contributed by atoms with E-state index in [9.17, 15) is 17.6 Å². The predicted octanol–water partition coefficient (Wildman–Crippen LogP) is 2.79. The summed E-state index contributed by atoms with van der Waals surface area (Å²) in [4.78, 5) is 17.7. The van der Waals surface area contributed by atoms with Crippen molar-refractivity contribution in [2.45, 2.75) is 36.9 Å². The van der Waals surface area contributed by atoms with Crippen molar-refractivity contribution in [3.8, 4) is 0 Å². The molecule has 6 rings (SSSR count). The number of hydrogen-bond acceptors (Lipinski definition) is 6. The standard InChI is InChI=1S/C25H27FN6O3S/c26-18-2-1-3-21(14-18)36(34,35)32-15-22-23(16-32)28-29-24(22)27-25(33)17-4-6-19(7-5-17)30-10-12-31(13-11-30)20-8-9-20/h1-7,14,20H,8-13,15-16H2,(H2,27,28,29,33). The van der Waals surface area contributed by atoms with Crippen LogP contribution in [0.25, 0.3) is 0 Å². The van der Waals surface area contributed by atoms with Crippen LogP contribution >= 0.6 is 0 Å². The number of hydrogen-bond donors (Lipinski definition) is 2. The van der Waals surface area contributed by atoms with Gasteiger partial charge in [0.1, 0.15) is 5.82 Å². The molecule has 1 saturated heterocycles. The molecule has 9 nitrogen and oxygen atoms in total. The van der Waals surface area contributed by atoms with Crippen molar-refractivity contribution in [1.29, 1.82) is 0 Å². The number of carbonyl (C=O) groups is 1. The highest BCUT2D eigenvalue weighted by Gasteiger charge is 2.35. The number of aromatic nitrogens is 2. The van der Waals surface area contributed by atoms with Crippen LogP contribution in [-0.4, -0.2) is 65.9 Å². The monoisotopic (exact) mass is 510 g/mol. The second-order valence-corrected chi connectivity index (χ2v) is 11.5. The number of nitrogens with one attached hydrogen (secondary N) is 2. The summed E-state index contributed by atoms with van der Waals surface area (Å²) in [6.45, 7) is 4.21. The lowest BCUT2D eigenvalue weighted by Crippen LogP contribution is -2.47. The molecule has 188 valence electrons. The average Bonchev–Trinajstić information content (AvgIpc) is 3.54. The van der Waals surface area contributed by atoms with Gasteiger partial charge in [0, 0.05) is 55.6 Å². The molecule has 0 radical (unpaired) electrons. The first-order valence-electron chi connectivity index (χ1n) is 12.1. The molecule has 0 bridgehead atoms. The van der Waals surface area contributed by atoms with Gasteiger partial charge >= 0.3 is 0 Å². The van der Waals surface area contributed by atoms with Crippen LogP contribution in [0, 0.1) is 5.82 Å². The van der Waals surface area contributed by atoms with E-state index in [4.69, 9.17) is 0 Å². The maximum absolute atomic E-state index is 13.6. The minimum absolute atomic E-state index is 0.0338. The second-order valence-electron chi connectivity index (χ2n) is 9.51. The third-order valence-corrected chi connectivity index (χ3v) is 8.95. The predicted molar refractivity (Wildman–Crippen MR) is 133 cm³/mol. The highest BCUT2D eigenvalue weighted by atomic mass is 32.2. The van der Waals surface area contributed by atoms with Crippen molar-refractivity contribution >= 4 is 27.4 Å². The summed E-state index contributed by atoms with van der Waals surface area (Å²) in [6, 6.07) is 13.2. The molecule has 0 unspecified atom stereocenters. The molecule has 1 aliphatic carbocycles.